The first-order chi connectivity index (χ1) is 15.1. The maximum absolute atomic E-state index is 12.5. The Bertz CT molecular complexity index is 873. The van der Waals surface area contributed by atoms with Gasteiger partial charge >= 0.3 is 0 Å². The Morgan fingerprint density at radius 2 is 1.87 bits per heavy atom. The molecule has 2 saturated heterocycles. The Hall–Kier alpha value is -2.74. The lowest BCUT2D eigenvalue weighted by Gasteiger charge is -2.37. The highest BCUT2D eigenvalue weighted by atomic mass is 16.5. The van der Waals surface area contributed by atoms with Gasteiger partial charge in [0.25, 0.3) is 0 Å². The van der Waals surface area contributed by atoms with Gasteiger partial charge in [-0.3, -0.25) is 9.59 Å². The number of carbonyl (C=O) groups is 2. The van der Waals surface area contributed by atoms with Crippen LogP contribution in [-0.4, -0.2) is 71.7 Å². The van der Waals surface area contributed by atoms with Crippen LogP contribution < -0.4 is 0 Å². The summed E-state index contributed by atoms with van der Waals surface area (Å²) in [5.74, 6) is 1.67. The number of likely N-dealkylation sites (tertiary alicyclic amines) is 1. The van der Waals surface area contributed by atoms with E-state index in [0.717, 1.165) is 19.3 Å². The molecule has 0 N–H and O–H groups in total. The number of rotatable bonds is 8. The molecule has 2 aromatic rings. The molecule has 0 spiro atoms. The van der Waals surface area contributed by atoms with E-state index in [2.05, 4.69) is 10.1 Å². The van der Waals surface area contributed by atoms with Crippen molar-refractivity contribution >= 4 is 11.8 Å². The van der Waals surface area contributed by atoms with Crippen LogP contribution in [0.5, 0.6) is 0 Å². The number of benzene rings is 1. The Labute approximate surface area is 182 Å². The number of aryl methyl sites for hydroxylation is 1. The first-order valence-corrected chi connectivity index (χ1v) is 11.1. The van der Waals surface area contributed by atoms with Crippen LogP contribution in [0.15, 0.2) is 34.9 Å². The van der Waals surface area contributed by atoms with E-state index in [1.807, 2.05) is 42.3 Å². The van der Waals surface area contributed by atoms with Gasteiger partial charge in [0.05, 0.1) is 5.92 Å². The number of hydrogen-bond donors (Lipinski definition) is 0. The summed E-state index contributed by atoms with van der Waals surface area (Å²) in [6.07, 6.45) is 3.40. The highest BCUT2D eigenvalue weighted by Gasteiger charge is 2.35. The number of ether oxygens (including phenoxy) is 1. The number of hydrogen-bond acceptors (Lipinski definition) is 6. The van der Waals surface area contributed by atoms with E-state index < -0.39 is 0 Å². The normalized spacial score (nSPS) is 17.4. The van der Waals surface area contributed by atoms with Crippen LogP contribution >= 0.6 is 0 Å². The van der Waals surface area contributed by atoms with Gasteiger partial charge in [-0.15, -0.1) is 0 Å². The van der Waals surface area contributed by atoms with Crippen LogP contribution in [-0.2, 0) is 27.2 Å². The van der Waals surface area contributed by atoms with Crippen molar-refractivity contribution in [3.05, 3.63) is 47.6 Å². The third kappa shape index (κ3) is 5.50. The molecule has 31 heavy (non-hydrogen) atoms. The predicted molar refractivity (Wildman–Crippen MR) is 113 cm³/mol. The Kier molecular flexibility index (Phi) is 6.96. The van der Waals surface area contributed by atoms with Crippen molar-refractivity contribution in [1.82, 2.24) is 19.9 Å². The molecule has 1 aromatic heterocycles. The molecule has 2 aliphatic rings. The molecule has 2 aliphatic heterocycles. The zero-order valence-corrected chi connectivity index (χ0v) is 18.0. The van der Waals surface area contributed by atoms with Gasteiger partial charge in [-0.05, 0) is 24.8 Å². The van der Waals surface area contributed by atoms with Gasteiger partial charge in [0.1, 0.15) is 0 Å². The van der Waals surface area contributed by atoms with Gasteiger partial charge in [0.2, 0.25) is 17.7 Å². The second-order valence-electron chi connectivity index (χ2n) is 8.43. The molecule has 8 heteroatoms. The van der Waals surface area contributed by atoms with E-state index in [1.165, 1.54) is 5.56 Å². The molecule has 0 saturated carbocycles. The minimum Gasteiger partial charge on any atom is -0.381 e. The third-order valence-corrected chi connectivity index (χ3v) is 6.16. The van der Waals surface area contributed by atoms with Crippen molar-refractivity contribution in [3.63, 3.8) is 0 Å². The predicted octanol–water partition coefficient (Wildman–Crippen LogP) is 2.06. The van der Waals surface area contributed by atoms with Crippen molar-refractivity contribution in [1.29, 1.82) is 0 Å². The molecule has 166 valence electrons. The SMILES string of the molecule is CN(CCc1noc(C2CN(C(=O)CCc3ccccc3)C2)n1)C(=O)C1CCOCC1. The van der Waals surface area contributed by atoms with Gasteiger partial charge in [-0.2, -0.15) is 4.98 Å². The fourth-order valence-electron chi connectivity index (χ4n) is 4.06. The molecule has 0 radical (unpaired) electrons. The van der Waals surface area contributed by atoms with Crippen LogP contribution in [0.25, 0.3) is 0 Å². The molecule has 0 atom stereocenters. The molecule has 2 fully saturated rings. The quantitative estimate of drug-likeness (QED) is 0.642. The Balaban J connectivity index is 1.18. The molecule has 3 heterocycles. The standard InChI is InChI=1S/C23H30N4O4/c1-26(23(29)18-10-13-30-14-11-18)12-9-20-24-22(31-25-20)19-15-27(16-19)21(28)8-7-17-5-3-2-4-6-17/h2-6,18-19H,7-16H2,1H3. The van der Waals surface area contributed by atoms with Gasteiger partial charge in [-0.25, -0.2) is 0 Å². The topological polar surface area (TPSA) is 88.8 Å². The fraction of sp³-hybridized carbons (Fsp3) is 0.565. The van der Waals surface area contributed by atoms with Gasteiger partial charge in [0.15, 0.2) is 5.82 Å². The van der Waals surface area contributed by atoms with Crippen LogP contribution in [0.3, 0.4) is 0 Å². The second kappa shape index (κ2) is 10.0. The second-order valence-corrected chi connectivity index (χ2v) is 8.43. The van der Waals surface area contributed by atoms with Gasteiger partial charge in [0, 0.05) is 58.7 Å². The molecule has 4 rings (SSSR count). The molecule has 2 amide bonds. The van der Waals surface area contributed by atoms with E-state index in [-0.39, 0.29) is 23.7 Å². The molecular weight excluding hydrogens is 396 g/mol. The minimum absolute atomic E-state index is 0.0555. The summed E-state index contributed by atoms with van der Waals surface area (Å²) in [4.78, 5) is 33.0. The zero-order valence-electron chi connectivity index (χ0n) is 18.0. The summed E-state index contributed by atoms with van der Waals surface area (Å²) >= 11 is 0. The summed E-state index contributed by atoms with van der Waals surface area (Å²) < 4.78 is 10.7. The minimum atomic E-state index is 0.0555. The number of likely N-dealkylation sites (N-methyl/N-ethyl adjacent to an activating group) is 1. The number of nitrogens with zero attached hydrogens (tertiary/aromatic N) is 4. The van der Waals surface area contributed by atoms with Crippen LogP contribution in [0.2, 0.25) is 0 Å². The van der Waals surface area contributed by atoms with Gasteiger partial charge < -0.3 is 19.1 Å². The maximum Gasteiger partial charge on any atom is 0.233 e. The zero-order chi connectivity index (χ0) is 21.6. The van der Waals surface area contributed by atoms with Gasteiger partial charge in [-0.1, -0.05) is 35.5 Å². The summed E-state index contributed by atoms with van der Waals surface area (Å²) in [5, 5.41) is 4.06. The number of aromatic nitrogens is 2. The smallest absolute Gasteiger partial charge is 0.233 e. The average molecular weight is 427 g/mol. The van der Waals surface area contributed by atoms with E-state index in [1.54, 1.807) is 4.90 Å². The Morgan fingerprint density at radius 3 is 2.61 bits per heavy atom. The van der Waals surface area contributed by atoms with Crippen molar-refractivity contribution in [2.75, 3.05) is 39.9 Å². The van der Waals surface area contributed by atoms with Crippen molar-refractivity contribution in [2.24, 2.45) is 5.92 Å². The number of amides is 2. The largest absolute Gasteiger partial charge is 0.381 e. The van der Waals surface area contributed by atoms with E-state index >= 15 is 0 Å². The lowest BCUT2D eigenvalue weighted by atomic mass is 9.98. The summed E-state index contributed by atoms with van der Waals surface area (Å²) in [6, 6.07) is 10.0. The molecule has 8 nitrogen and oxygen atoms in total. The fourth-order valence-corrected chi connectivity index (χ4v) is 4.06. The van der Waals surface area contributed by atoms with E-state index in [4.69, 9.17) is 9.26 Å². The molecule has 0 unspecified atom stereocenters. The van der Waals surface area contributed by atoms with E-state index in [0.29, 0.717) is 57.4 Å². The van der Waals surface area contributed by atoms with Crippen LogP contribution in [0, 0.1) is 5.92 Å². The highest BCUT2D eigenvalue weighted by molar-refractivity contribution is 5.78. The highest BCUT2D eigenvalue weighted by Crippen LogP contribution is 2.26. The monoisotopic (exact) mass is 426 g/mol. The lowest BCUT2D eigenvalue weighted by Crippen LogP contribution is -2.48. The van der Waals surface area contributed by atoms with E-state index in [9.17, 15) is 9.59 Å². The number of carbonyl (C=O) groups excluding carboxylic acids is 2. The van der Waals surface area contributed by atoms with Crippen molar-refractivity contribution in [2.45, 2.75) is 38.0 Å². The maximum atomic E-state index is 12.5. The first-order valence-electron chi connectivity index (χ1n) is 11.1. The summed E-state index contributed by atoms with van der Waals surface area (Å²) in [5.41, 5.74) is 1.18. The summed E-state index contributed by atoms with van der Waals surface area (Å²) in [6.45, 7) is 3.12. The van der Waals surface area contributed by atoms with Crippen LogP contribution in [0.4, 0.5) is 0 Å². The van der Waals surface area contributed by atoms with Crippen molar-refractivity contribution in [3.8, 4) is 0 Å². The van der Waals surface area contributed by atoms with Crippen molar-refractivity contribution < 1.29 is 18.8 Å². The molecule has 1 aromatic carbocycles. The lowest BCUT2D eigenvalue weighted by molar-refractivity contribution is -0.137. The molecule has 0 aliphatic carbocycles. The third-order valence-electron chi connectivity index (χ3n) is 6.16. The first kappa shape index (κ1) is 21.5. The summed E-state index contributed by atoms with van der Waals surface area (Å²) in [7, 11) is 1.82. The van der Waals surface area contributed by atoms with Crippen LogP contribution in [0.1, 0.15) is 42.5 Å². The molecule has 0 bridgehead atoms. The molecular formula is C23H30N4O4. The Morgan fingerprint density at radius 1 is 1.13 bits per heavy atom. The average Bonchev–Trinajstić information content (AvgIpc) is 3.24.